The largest absolute Gasteiger partial charge is 0.339 e. The number of rotatable bonds is 4. The highest BCUT2D eigenvalue weighted by Crippen LogP contribution is 2.27. The molecule has 1 fully saturated rings. The van der Waals surface area contributed by atoms with Crippen molar-refractivity contribution in [3.8, 4) is 0 Å². The van der Waals surface area contributed by atoms with E-state index in [1.165, 1.54) is 21.9 Å². The van der Waals surface area contributed by atoms with E-state index in [0.717, 1.165) is 19.3 Å². The van der Waals surface area contributed by atoms with E-state index in [1.54, 1.807) is 22.7 Å². The topological polar surface area (TPSA) is 57.7 Å². The summed E-state index contributed by atoms with van der Waals surface area (Å²) in [5.41, 5.74) is 2.46. The highest BCUT2D eigenvalue weighted by molar-refractivity contribution is 8.01. The number of thioether (sulfide) groups is 1. The van der Waals surface area contributed by atoms with Crippen molar-refractivity contribution >= 4 is 27.7 Å². The van der Waals surface area contributed by atoms with E-state index in [1.807, 2.05) is 12.1 Å². The van der Waals surface area contributed by atoms with Gasteiger partial charge in [-0.1, -0.05) is 26.8 Å². The van der Waals surface area contributed by atoms with Crippen molar-refractivity contribution in [3.63, 3.8) is 0 Å². The predicted octanol–water partition coefficient (Wildman–Crippen LogP) is 2.93. The molecule has 3 rings (SSSR count). The molecule has 0 bridgehead atoms. The van der Waals surface area contributed by atoms with Crippen LogP contribution in [0.5, 0.6) is 0 Å². The molecule has 27 heavy (non-hydrogen) atoms. The standard InChI is InChI=1S/C20H30N2O3S2/c1-20(2,3)26-15-19(23)21-10-12-22(13-11-21)27(24,25)18-9-8-16-6-4-5-7-17(16)14-18/h8-9,14H,4-7,10-13,15H2,1-3H3. The number of piperazine rings is 1. The van der Waals surface area contributed by atoms with Crippen LogP contribution in [-0.4, -0.2) is 60.2 Å². The summed E-state index contributed by atoms with van der Waals surface area (Å²) in [6.07, 6.45) is 4.32. The molecule has 0 saturated carbocycles. The monoisotopic (exact) mass is 410 g/mol. The van der Waals surface area contributed by atoms with Crippen LogP contribution in [0.1, 0.15) is 44.7 Å². The average Bonchev–Trinajstić information content (AvgIpc) is 2.65. The van der Waals surface area contributed by atoms with E-state index in [2.05, 4.69) is 20.8 Å². The summed E-state index contributed by atoms with van der Waals surface area (Å²) in [6, 6.07) is 5.59. The minimum atomic E-state index is -3.49. The maximum absolute atomic E-state index is 13.0. The van der Waals surface area contributed by atoms with Crippen molar-refractivity contribution < 1.29 is 13.2 Å². The molecule has 0 N–H and O–H groups in total. The zero-order valence-corrected chi connectivity index (χ0v) is 18.2. The molecule has 0 unspecified atom stereocenters. The highest BCUT2D eigenvalue weighted by atomic mass is 32.2. The zero-order valence-electron chi connectivity index (χ0n) is 16.5. The van der Waals surface area contributed by atoms with Gasteiger partial charge in [-0.05, 0) is 48.9 Å². The maximum atomic E-state index is 13.0. The molecule has 1 aromatic rings. The van der Waals surface area contributed by atoms with Crippen LogP contribution in [0.2, 0.25) is 0 Å². The Morgan fingerprint density at radius 3 is 2.30 bits per heavy atom. The molecular weight excluding hydrogens is 380 g/mol. The van der Waals surface area contributed by atoms with Crippen molar-refractivity contribution in [2.75, 3.05) is 31.9 Å². The third-order valence-corrected chi connectivity index (χ3v) is 8.33. The van der Waals surface area contributed by atoms with E-state index in [-0.39, 0.29) is 10.7 Å². The summed E-state index contributed by atoms with van der Waals surface area (Å²) >= 11 is 1.63. The Morgan fingerprint density at radius 1 is 1.04 bits per heavy atom. The first-order chi connectivity index (χ1) is 12.7. The maximum Gasteiger partial charge on any atom is 0.243 e. The number of sulfonamides is 1. The highest BCUT2D eigenvalue weighted by Gasteiger charge is 2.31. The number of hydrogen-bond donors (Lipinski definition) is 0. The molecule has 150 valence electrons. The fourth-order valence-electron chi connectivity index (χ4n) is 3.57. The van der Waals surface area contributed by atoms with Gasteiger partial charge in [0.2, 0.25) is 15.9 Å². The van der Waals surface area contributed by atoms with Gasteiger partial charge in [0.1, 0.15) is 0 Å². The van der Waals surface area contributed by atoms with E-state index < -0.39 is 10.0 Å². The van der Waals surface area contributed by atoms with Gasteiger partial charge in [0, 0.05) is 30.9 Å². The first-order valence-electron chi connectivity index (χ1n) is 9.70. The summed E-state index contributed by atoms with van der Waals surface area (Å²) in [5.74, 6) is 0.543. The quantitative estimate of drug-likeness (QED) is 0.766. The smallest absolute Gasteiger partial charge is 0.243 e. The average molecular weight is 411 g/mol. The zero-order chi connectivity index (χ0) is 19.7. The molecule has 1 aliphatic carbocycles. The summed E-state index contributed by atoms with van der Waals surface area (Å²) in [6.45, 7) is 7.94. The third kappa shape index (κ3) is 5.06. The summed E-state index contributed by atoms with van der Waals surface area (Å²) < 4.78 is 27.6. The first kappa shape index (κ1) is 20.7. The fraction of sp³-hybridized carbons (Fsp3) is 0.650. The molecule has 1 aliphatic heterocycles. The molecule has 1 heterocycles. The number of fused-ring (bicyclic) bond motifs is 1. The summed E-state index contributed by atoms with van der Waals surface area (Å²) in [7, 11) is -3.49. The normalized spacial score (nSPS) is 19.0. The number of nitrogens with zero attached hydrogens (tertiary/aromatic N) is 2. The molecule has 0 spiro atoms. The molecule has 1 aromatic carbocycles. The second kappa shape index (κ2) is 8.13. The Hall–Kier alpha value is -1.05. The SMILES string of the molecule is CC(C)(C)SCC(=O)N1CCN(S(=O)(=O)c2ccc3c(c2)CCCC3)CC1. The summed E-state index contributed by atoms with van der Waals surface area (Å²) in [4.78, 5) is 14.6. The van der Waals surface area contributed by atoms with Gasteiger partial charge in [-0.25, -0.2) is 8.42 Å². The van der Waals surface area contributed by atoms with Gasteiger partial charge in [-0.2, -0.15) is 4.31 Å². The Labute approximate surface area is 167 Å². The van der Waals surface area contributed by atoms with Crippen molar-refractivity contribution in [1.82, 2.24) is 9.21 Å². The van der Waals surface area contributed by atoms with E-state index in [9.17, 15) is 13.2 Å². The lowest BCUT2D eigenvalue weighted by Crippen LogP contribution is -2.51. The fourth-order valence-corrected chi connectivity index (χ4v) is 5.78. The lowest BCUT2D eigenvalue weighted by molar-refractivity contribution is -0.129. The first-order valence-corrected chi connectivity index (χ1v) is 12.1. The van der Waals surface area contributed by atoms with Gasteiger partial charge >= 0.3 is 0 Å². The Balaban J connectivity index is 1.62. The molecular formula is C20H30N2O3S2. The van der Waals surface area contributed by atoms with Crippen molar-refractivity contribution in [2.24, 2.45) is 0 Å². The van der Waals surface area contributed by atoms with Crippen molar-refractivity contribution in [1.29, 1.82) is 0 Å². The van der Waals surface area contributed by atoms with Gasteiger partial charge in [0.15, 0.2) is 0 Å². The molecule has 1 saturated heterocycles. The molecule has 0 atom stereocenters. The molecule has 0 aromatic heterocycles. The second-order valence-electron chi connectivity index (χ2n) is 8.32. The predicted molar refractivity (Wildman–Crippen MR) is 111 cm³/mol. The lowest BCUT2D eigenvalue weighted by Gasteiger charge is -2.34. The van der Waals surface area contributed by atoms with Crippen molar-refractivity contribution in [2.45, 2.75) is 56.1 Å². The summed E-state index contributed by atoms with van der Waals surface area (Å²) in [5, 5.41) is 0. The van der Waals surface area contributed by atoms with Gasteiger partial charge in [-0.3, -0.25) is 4.79 Å². The van der Waals surface area contributed by atoms with Crippen LogP contribution in [0.3, 0.4) is 0 Å². The van der Waals surface area contributed by atoms with Crippen LogP contribution in [0, 0.1) is 0 Å². The van der Waals surface area contributed by atoms with E-state index >= 15 is 0 Å². The number of amides is 1. The van der Waals surface area contributed by atoms with Gasteiger partial charge < -0.3 is 4.90 Å². The minimum absolute atomic E-state index is 0.0489. The van der Waals surface area contributed by atoms with Crippen LogP contribution in [0.25, 0.3) is 0 Å². The molecule has 7 heteroatoms. The van der Waals surface area contributed by atoms with Crippen LogP contribution in [-0.2, 0) is 27.7 Å². The number of carbonyl (C=O) groups is 1. The Bertz CT molecular complexity index is 792. The molecule has 1 amide bonds. The third-order valence-electron chi connectivity index (χ3n) is 5.18. The number of carbonyl (C=O) groups excluding carboxylic acids is 1. The van der Waals surface area contributed by atoms with Crippen LogP contribution >= 0.6 is 11.8 Å². The van der Waals surface area contributed by atoms with E-state index in [4.69, 9.17) is 0 Å². The minimum Gasteiger partial charge on any atom is -0.339 e. The van der Waals surface area contributed by atoms with Crippen molar-refractivity contribution in [3.05, 3.63) is 29.3 Å². The number of aryl methyl sites for hydroxylation is 2. The van der Waals surface area contributed by atoms with Crippen LogP contribution < -0.4 is 0 Å². The number of hydrogen-bond acceptors (Lipinski definition) is 4. The van der Waals surface area contributed by atoms with Crippen LogP contribution in [0.4, 0.5) is 0 Å². The Morgan fingerprint density at radius 2 is 1.67 bits per heavy atom. The van der Waals surface area contributed by atoms with E-state index in [0.29, 0.717) is 36.8 Å². The molecule has 0 radical (unpaired) electrons. The number of benzene rings is 1. The second-order valence-corrected chi connectivity index (χ2v) is 12.1. The molecule has 5 nitrogen and oxygen atoms in total. The molecule has 2 aliphatic rings. The van der Waals surface area contributed by atoms with Crippen LogP contribution in [0.15, 0.2) is 23.1 Å². The lowest BCUT2D eigenvalue weighted by atomic mass is 9.92. The Kier molecular flexibility index (Phi) is 6.23. The van der Waals surface area contributed by atoms with Gasteiger partial charge in [0.25, 0.3) is 0 Å². The van der Waals surface area contributed by atoms with Gasteiger partial charge in [0.05, 0.1) is 10.6 Å². The van der Waals surface area contributed by atoms with Gasteiger partial charge in [-0.15, -0.1) is 11.8 Å².